The van der Waals surface area contributed by atoms with Gasteiger partial charge in [-0.2, -0.15) is 0 Å². The van der Waals surface area contributed by atoms with Crippen LogP contribution in [-0.4, -0.2) is 47.1 Å². The van der Waals surface area contributed by atoms with Crippen LogP contribution >= 0.6 is 0 Å². The zero-order valence-corrected chi connectivity index (χ0v) is 11.9. The first kappa shape index (κ1) is 13.8. The predicted octanol–water partition coefficient (Wildman–Crippen LogP) is 1.82. The Hall–Kier alpha value is -1.17. The van der Waals surface area contributed by atoms with Gasteiger partial charge < -0.3 is 14.6 Å². The van der Waals surface area contributed by atoms with Gasteiger partial charge in [-0.05, 0) is 38.4 Å². The number of ether oxygens (including phenoxy) is 2. The van der Waals surface area contributed by atoms with Crippen molar-refractivity contribution in [3.63, 3.8) is 0 Å². The molecule has 1 aromatic heterocycles. The monoisotopic (exact) mass is 278 g/mol. The first-order valence-electron chi connectivity index (χ1n) is 7.37. The van der Waals surface area contributed by atoms with Crippen LogP contribution in [0.2, 0.25) is 0 Å². The number of pyridine rings is 1. The number of aryl methyl sites for hydroxylation is 1. The van der Waals surface area contributed by atoms with Crippen LogP contribution < -0.4 is 0 Å². The maximum absolute atomic E-state index is 9.97. The number of hydrogen-bond acceptors (Lipinski definition) is 5. The maximum Gasteiger partial charge on any atom is 0.173 e. The fraction of sp³-hybridized carbons (Fsp3) is 0.667. The lowest BCUT2D eigenvalue weighted by Gasteiger charge is -2.37. The molecule has 2 fully saturated rings. The number of likely N-dealkylation sites (tertiary alicyclic amines) is 1. The van der Waals surface area contributed by atoms with Gasteiger partial charge in [-0.3, -0.25) is 9.88 Å². The summed E-state index contributed by atoms with van der Waals surface area (Å²) in [4.78, 5) is 6.79. The molecule has 1 aromatic rings. The Labute approximate surface area is 119 Å². The van der Waals surface area contributed by atoms with Crippen molar-refractivity contribution in [3.8, 4) is 5.75 Å². The fourth-order valence-corrected chi connectivity index (χ4v) is 3.03. The minimum Gasteiger partial charge on any atom is -0.506 e. The lowest BCUT2D eigenvalue weighted by Crippen LogP contribution is -2.46. The minimum absolute atomic E-state index is 0.123. The number of aromatic nitrogens is 1. The largest absolute Gasteiger partial charge is 0.506 e. The summed E-state index contributed by atoms with van der Waals surface area (Å²) < 4.78 is 11.3. The van der Waals surface area contributed by atoms with Crippen LogP contribution in [0.4, 0.5) is 0 Å². The summed E-state index contributed by atoms with van der Waals surface area (Å²) in [6.45, 7) is 4.97. The van der Waals surface area contributed by atoms with Crippen LogP contribution in [0.3, 0.4) is 0 Å². The first-order chi connectivity index (χ1) is 9.74. The van der Waals surface area contributed by atoms with E-state index >= 15 is 0 Å². The highest BCUT2D eigenvalue weighted by Crippen LogP contribution is 2.27. The van der Waals surface area contributed by atoms with E-state index in [1.54, 1.807) is 6.07 Å². The summed E-state index contributed by atoms with van der Waals surface area (Å²) in [6.07, 6.45) is 3.34. The number of nitrogens with zero attached hydrogens (tertiary/aromatic N) is 2. The highest BCUT2D eigenvalue weighted by atomic mass is 16.7. The van der Waals surface area contributed by atoms with Crippen molar-refractivity contribution < 1.29 is 14.6 Å². The second-order valence-electron chi connectivity index (χ2n) is 5.56. The molecule has 0 radical (unpaired) electrons. The third-order valence-corrected chi connectivity index (χ3v) is 4.07. The molecule has 0 amide bonds. The van der Waals surface area contributed by atoms with E-state index in [-0.39, 0.29) is 18.1 Å². The van der Waals surface area contributed by atoms with E-state index in [0.717, 1.165) is 24.4 Å². The van der Waals surface area contributed by atoms with Gasteiger partial charge in [0.05, 0.1) is 24.9 Å². The average molecular weight is 278 g/mol. The molecule has 5 heteroatoms. The molecule has 2 aliphatic heterocycles. The van der Waals surface area contributed by atoms with Gasteiger partial charge in [0, 0.05) is 12.2 Å². The van der Waals surface area contributed by atoms with Gasteiger partial charge in [-0.15, -0.1) is 0 Å². The van der Waals surface area contributed by atoms with Crippen molar-refractivity contribution in [1.82, 2.24) is 9.88 Å². The highest BCUT2D eigenvalue weighted by Gasteiger charge is 2.34. The van der Waals surface area contributed by atoms with E-state index in [2.05, 4.69) is 9.88 Å². The van der Waals surface area contributed by atoms with E-state index < -0.39 is 0 Å². The summed E-state index contributed by atoms with van der Waals surface area (Å²) in [5, 5.41) is 9.97. The zero-order chi connectivity index (χ0) is 13.9. The molecule has 5 nitrogen and oxygen atoms in total. The molecule has 2 saturated heterocycles. The average Bonchev–Trinajstić information content (AvgIpc) is 2.97. The summed E-state index contributed by atoms with van der Waals surface area (Å²) in [7, 11) is 0. The van der Waals surface area contributed by atoms with Crippen LogP contribution in [0.15, 0.2) is 12.1 Å². The Bertz CT molecular complexity index is 460. The van der Waals surface area contributed by atoms with Gasteiger partial charge in [0.2, 0.25) is 0 Å². The van der Waals surface area contributed by atoms with Crippen molar-refractivity contribution in [1.29, 1.82) is 0 Å². The molecule has 1 N–H and O–H groups in total. The molecule has 0 bridgehead atoms. The van der Waals surface area contributed by atoms with Crippen LogP contribution in [0.5, 0.6) is 5.75 Å². The molecule has 1 atom stereocenters. The molecule has 2 aliphatic rings. The fourth-order valence-electron chi connectivity index (χ4n) is 3.03. The number of rotatable bonds is 3. The molecule has 3 rings (SSSR count). The normalized spacial score (nSPS) is 25.1. The summed E-state index contributed by atoms with van der Waals surface area (Å²) in [6, 6.07) is 3.82. The molecule has 0 saturated carbocycles. The van der Waals surface area contributed by atoms with Crippen molar-refractivity contribution in [2.45, 2.75) is 45.1 Å². The van der Waals surface area contributed by atoms with Crippen molar-refractivity contribution in [2.75, 3.05) is 19.8 Å². The smallest absolute Gasteiger partial charge is 0.173 e. The van der Waals surface area contributed by atoms with Crippen molar-refractivity contribution >= 4 is 0 Å². The Balaban J connectivity index is 1.74. The Kier molecular flexibility index (Phi) is 4.19. The molecule has 3 heterocycles. The van der Waals surface area contributed by atoms with E-state index in [9.17, 15) is 5.11 Å². The predicted molar refractivity (Wildman–Crippen MR) is 74.4 cm³/mol. The topological polar surface area (TPSA) is 54.8 Å². The van der Waals surface area contributed by atoms with E-state index in [4.69, 9.17) is 9.47 Å². The zero-order valence-electron chi connectivity index (χ0n) is 11.9. The van der Waals surface area contributed by atoms with Crippen LogP contribution in [0.1, 0.15) is 30.7 Å². The molecule has 0 unspecified atom stereocenters. The molecular weight excluding hydrogens is 256 g/mol. The quantitative estimate of drug-likeness (QED) is 0.914. The van der Waals surface area contributed by atoms with Gasteiger partial charge >= 0.3 is 0 Å². The SMILES string of the molecule is Cc1ccc(O)c(CN2CCCC[C@@H]2C2OCCO2)n1. The van der Waals surface area contributed by atoms with Crippen molar-refractivity contribution in [2.24, 2.45) is 0 Å². The summed E-state index contributed by atoms with van der Waals surface area (Å²) >= 11 is 0. The van der Waals surface area contributed by atoms with Gasteiger partial charge in [-0.25, -0.2) is 0 Å². The molecular formula is C15H22N2O3. The van der Waals surface area contributed by atoms with Gasteiger partial charge in [0.1, 0.15) is 5.75 Å². The summed E-state index contributed by atoms with van der Waals surface area (Å²) in [5.74, 6) is 0.271. The molecule has 0 aliphatic carbocycles. The number of piperidine rings is 1. The Morgan fingerprint density at radius 3 is 2.90 bits per heavy atom. The van der Waals surface area contributed by atoms with Crippen molar-refractivity contribution in [3.05, 3.63) is 23.5 Å². The van der Waals surface area contributed by atoms with E-state index in [0.29, 0.717) is 19.8 Å². The number of aromatic hydroxyl groups is 1. The lowest BCUT2D eigenvalue weighted by atomic mass is 10.0. The number of hydrogen-bond donors (Lipinski definition) is 1. The van der Waals surface area contributed by atoms with Gasteiger partial charge in [0.15, 0.2) is 6.29 Å². The van der Waals surface area contributed by atoms with Gasteiger partial charge in [-0.1, -0.05) is 6.42 Å². The standard InChI is InChI=1S/C15H22N2O3/c1-11-5-6-14(18)12(16-11)10-17-7-3-2-4-13(17)15-19-8-9-20-15/h5-6,13,15,18H,2-4,7-10H2,1H3/t13-/m1/s1. The Morgan fingerprint density at radius 2 is 2.10 bits per heavy atom. The second-order valence-corrected chi connectivity index (χ2v) is 5.56. The third-order valence-electron chi connectivity index (χ3n) is 4.07. The lowest BCUT2D eigenvalue weighted by molar-refractivity contribution is -0.111. The second kappa shape index (κ2) is 6.08. The molecule has 0 aromatic carbocycles. The van der Waals surface area contributed by atoms with E-state index in [1.807, 2.05) is 13.0 Å². The minimum atomic E-state index is -0.123. The Morgan fingerprint density at radius 1 is 1.30 bits per heavy atom. The van der Waals surface area contributed by atoms with Gasteiger partial charge in [0.25, 0.3) is 0 Å². The third kappa shape index (κ3) is 2.95. The van der Waals surface area contributed by atoms with E-state index in [1.165, 1.54) is 12.8 Å². The highest BCUT2D eigenvalue weighted by molar-refractivity contribution is 5.27. The first-order valence-corrected chi connectivity index (χ1v) is 7.37. The molecule has 0 spiro atoms. The molecule has 20 heavy (non-hydrogen) atoms. The maximum atomic E-state index is 9.97. The van der Waals surface area contributed by atoms with Crippen LogP contribution in [0, 0.1) is 6.92 Å². The van der Waals surface area contributed by atoms with Crippen LogP contribution in [-0.2, 0) is 16.0 Å². The van der Waals surface area contributed by atoms with Crippen LogP contribution in [0.25, 0.3) is 0 Å². The molecule has 110 valence electrons. The summed E-state index contributed by atoms with van der Waals surface area (Å²) in [5.41, 5.74) is 1.68.